The summed E-state index contributed by atoms with van der Waals surface area (Å²) in [6.45, 7) is 0. The molecule has 0 fully saturated rings. The first kappa shape index (κ1) is 11.5. The molecule has 1 aromatic heterocycles. The van der Waals surface area contributed by atoms with Crippen LogP contribution in [0.2, 0.25) is 10.0 Å². The van der Waals surface area contributed by atoms with Gasteiger partial charge in [-0.2, -0.15) is 0 Å². The summed E-state index contributed by atoms with van der Waals surface area (Å²) in [4.78, 5) is 8.92. The van der Waals surface area contributed by atoms with E-state index in [0.29, 0.717) is 10.0 Å². The third-order valence-electron chi connectivity index (χ3n) is 2.66. The summed E-state index contributed by atoms with van der Waals surface area (Å²) >= 11 is 11.9. The quantitative estimate of drug-likeness (QED) is 0.648. The summed E-state index contributed by atoms with van der Waals surface area (Å²) in [7, 11) is 0. The number of nitrogens with zero attached hydrogens (tertiary/aromatic N) is 2. The fourth-order valence-corrected chi connectivity index (χ4v) is 2.05. The van der Waals surface area contributed by atoms with Crippen LogP contribution in [0.4, 0.5) is 0 Å². The Hall–Kier alpha value is -1.64. The number of aromatic nitrogens is 2. The minimum Gasteiger partial charge on any atom is -0.252 e. The molecule has 0 aliphatic carbocycles. The van der Waals surface area contributed by atoms with Crippen LogP contribution in [0, 0.1) is 0 Å². The standard InChI is InChI=1S/C14H8Cl2N2/c15-10-6-5-9(7-11(10)16)14-8-17-12-3-1-2-4-13(12)18-14/h1-8H. The van der Waals surface area contributed by atoms with Crippen molar-refractivity contribution in [3.8, 4) is 11.3 Å². The molecule has 0 aliphatic heterocycles. The van der Waals surface area contributed by atoms with E-state index in [1.165, 1.54) is 0 Å². The van der Waals surface area contributed by atoms with Gasteiger partial charge in [0.25, 0.3) is 0 Å². The maximum Gasteiger partial charge on any atom is 0.0894 e. The lowest BCUT2D eigenvalue weighted by atomic mass is 10.1. The lowest BCUT2D eigenvalue weighted by Gasteiger charge is -2.04. The molecule has 0 amide bonds. The monoisotopic (exact) mass is 274 g/mol. The number of hydrogen-bond donors (Lipinski definition) is 0. The highest BCUT2D eigenvalue weighted by molar-refractivity contribution is 6.42. The smallest absolute Gasteiger partial charge is 0.0894 e. The van der Waals surface area contributed by atoms with Crippen LogP contribution in [0.5, 0.6) is 0 Å². The van der Waals surface area contributed by atoms with Crippen molar-refractivity contribution in [3.05, 3.63) is 58.7 Å². The summed E-state index contributed by atoms with van der Waals surface area (Å²) in [6.07, 6.45) is 1.74. The van der Waals surface area contributed by atoms with Gasteiger partial charge >= 0.3 is 0 Å². The fourth-order valence-electron chi connectivity index (χ4n) is 1.75. The Morgan fingerprint density at radius 2 is 1.61 bits per heavy atom. The molecule has 0 spiro atoms. The van der Waals surface area contributed by atoms with E-state index >= 15 is 0 Å². The van der Waals surface area contributed by atoms with Crippen LogP contribution in [0.25, 0.3) is 22.3 Å². The van der Waals surface area contributed by atoms with Gasteiger partial charge in [-0.3, -0.25) is 4.98 Å². The third kappa shape index (κ3) is 2.05. The van der Waals surface area contributed by atoms with Crippen molar-refractivity contribution in [2.75, 3.05) is 0 Å². The Bertz CT molecular complexity index is 726. The molecule has 88 valence electrons. The zero-order valence-electron chi connectivity index (χ0n) is 9.27. The number of halogens is 2. The molecule has 18 heavy (non-hydrogen) atoms. The number of rotatable bonds is 1. The van der Waals surface area contributed by atoms with Crippen molar-refractivity contribution in [1.82, 2.24) is 9.97 Å². The average molecular weight is 275 g/mol. The van der Waals surface area contributed by atoms with Crippen molar-refractivity contribution >= 4 is 34.2 Å². The molecule has 0 saturated heterocycles. The maximum atomic E-state index is 6.00. The zero-order valence-corrected chi connectivity index (χ0v) is 10.8. The Morgan fingerprint density at radius 1 is 0.833 bits per heavy atom. The Balaban J connectivity index is 2.16. The van der Waals surface area contributed by atoms with E-state index in [1.54, 1.807) is 18.3 Å². The van der Waals surface area contributed by atoms with Gasteiger partial charge in [0.2, 0.25) is 0 Å². The van der Waals surface area contributed by atoms with Crippen LogP contribution in [-0.2, 0) is 0 Å². The predicted octanol–water partition coefficient (Wildman–Crippen LogP) is 4.60. The van der Waals surface area contributed by atoms with Gasteiger partial charge in [0, 0.05) is 5.56 Å². The predicted molar refractivity (Wildman–Crippen MR) is 75.0 cm³/mol. The lowest BCUT2D eigenvalue weighted by Crippen LogP contribution is -1.88. The second-order valence-electron chi connectivity index (χ2n) is 3.87. The summed E-state index contributed by atoms with van der Waals surface area (Å²) < 4.78 is 0. The largest absolute Gasteiger partial charge is 0.252 e. The topological polar surface area (TPSA) is 25.8 Å². The van der Waals surface area contributed by atoms with Crippen molar-refractivity contribution < 1.29 is 0 Å². The summed E-state index contributed by atoms with van der Waals surface area (Å²) in [5, 5.41) is 1.05. The molecule has 2 aromatic carbocycles. The van der Waals surface area contributed by atoms with Gasteiger partial charge in [-0.15, -0.1) is 0 Å². The van der Waals surface area contributed by atoms with Gasteiger partial charge in [-0.25, -0.2) is 4.98 Å². The van der Waals surface area contributed by atoms with Gasteiger partial charge in [0.05, 0.1) is 33.0 Å². The third-order valence-corrected chi connectivity index (χ3v) is 3.40. The number of fused-ring (bicyclic) bond motifs is 1. The molecule has 0 aliphatic rings. The van der Waals surface area contributed by atoms with Crippen LogP contribution in [0.3, 0.4) is 0 Å². The minimum absolute atomic E-state index is 0.518. The lowest BCUT2D eigenvalue weighted by molar-refractivity contribution is 1.29. The van der Waals surface area contributed by atoms with Crippen LogP contribution >= 0.6 is 23.2 Å². The summed E-state index contributed by atoms with van der Waals surface area (Å²) in [5.74, 6) is 0. The number of para-hydroxylation sites is 2. The molecule has 0 N–H and O–H groups in total. The molecule has 1 heterocycles. The van der Waals surface area contributed by atoms with Crippen LogP contribution in [-0.4, -0.2) is 9.97 Å². The van der Waals surface area contributed by atoms with Gasteiger partial charge in [-0.1, -0.05) is 41.4 Å². The summed E-state index contributed by atoms with van der Waals surface area (Å²) in [6, 6.07) is 13.2. The van der Waals surface area contributed by atoms with E-state index in [9.17, 15) is 0 Å². The van der Waals surface area contributed by atoms with Crippen LogP contribution in [0.15, 0.2) is 48.7 Å². The molecule has 0 atom stereocenters. The Morgan fingerprint density at radius 3 is 2.39 bits per heavy atom. The molecular weight excluding hydrogens is 267 g/mol. The van der Waals surface area contributed by atoms with Gasteiger partial charge < -0.3 is 0 Å². The zero-order chi connectivity index (χ0) is 12.5. The highest BCUT2D eigenvalue weighted by atomic mass is 35.5. The van der Waals surface area contributed by atoms with Crippen LogP contribution in [0.1, 0.15) is 0 Å². The number of benzene rings is 2. The molecular formula is C14H8Cl2N2. The highest BCUT2D eigenvalue weighted by Gasteiger charge is 2.05. The second-order valence-corrected chi connectivity index (χ2v) is 4.69. The second kappa shape index (κ2) is 4.56. The van der Waals surface area contributed by atoms with Crippen molar-refractivity contribution in [1.29, 1.82) is 0 Å². The maximum absolute atomic E-state index is 6.00. The summed E-state index contributed by atoms with van der Waals surface area (Å²) in [5.41, 5.74) is 3.43. The molecule has 0 unspecified atom stereocenters. The van der Waals surface area contributed by atoms with Crippen LogP contribution < -0.4 is 0 Å². The van der Waals surface area contributed by atoms with E-state index in [4.69, 9.17) is 23.2 Å². The molecule has 0 bridgehead atoms. The van der Waals surface area contributed by atoms with E-state index in [0.717, 1.165) is 22.3 Å². The van der Waals surface area contributed by atoms with Gasteiger partial charge in [-0.05, 0) is 24.3 Å². The van der Waals surface area contributed by atoms with Crippen molar-refractivity contribution in [2.24, 2.45) is 0 Å². The highest BCUT2D eigenvalue weighted by Crippen LogP contribution is 2.27. The Kier molecular flexibility index (Phi) is 2.90. The van der Waals surface area contributed by atoms with E-state index in [2.05, 4.69) is 9.97 Å². The molecule has 3 aromatic rings. The average Bonchev–Trinajstić information content (AvgIpc) is 2.41. The van der Waals surface area contributed by atoms with E-state index in [-0.39, 0.29) is 0 Å². The molecule has 0 saturated carbocycles. The Labute approximate surface area is 114 Å². The van der Waals surface area contributed by atoms with Gasteiger partial charge in [0.15, 0.2) is 0 Å². The van der Waals surface area contributed by atoms with Crippen molar-refractivity contribution in [2.45, 2.75) is 0 Å². The molecule has 3 rings (SSSR count). The minimum atomic E-state index is 0.518. The first-order valence-electron chi connectivity index (χ1n) is 5.41. The molecule has 0 radical (unpaired) electrons. The van der Waals surface area contributed by atoms with E-state index in [1.807, 2.05) is 30.3 Å². The number of hydrogen-bond acceptors (Lipinski definition) is 2. The van der Waals surface area contributed by atoms with Gasteiger partial charge in [0.1, 0.15) is 0 Å². The fraction of sp³-hybridized carbons (Fsp3) is 0. The first-order valence-corrected chi connectivity index (χ1v) is 6.17. The SMILES string of the molecule is Clc1ccc(-c2cnc3ccccc3n2)cc1Cl. The van der Waals surface area contributed by atoms with Crippen molar-refractivity contribution in [3.63, 3.8) is 0 Å². The molecule has 4 heteroatoms. The van der Waals surface area contributed by atoms with E-state index < -0.39 is 0 Å². The normalized spacial score (nSPS) is 10.8. The molecule has 2 nitrogen and oxygen atoms in total. The first-order chi connectivity index (χ1) is 8.74.